The number of likely N-dealkylation sites (N-methyl/N-ethyl adjacent to an activating group) is 1. The first-order valence-electron chi connectivity index (χ1n) is 5.61. The van der Waals surface area contributed by atoms with Crippen LogP contribution in [0.5, 0.6) is 0 Å². The van der Waals surface area contributed by atoms with Crippen LogP contribution in [0.2, 0.25) is 0 Å². The smallest absolute Gasteiger partial charge is 0.242 e. The van der Waals surface area contributed by atoms with Crippen LogP contribution in [0.25, 0.3) is 0 Å². The molecule has 1 fully saturated rings. The van der Waals surface area contributed by atoms with Crippen LogP contribution in [0, 0.1) is 13.8 Å². The van der Waals surface area contributed by atoms with E-state index in [4.69, 9.17) is 0 Å². The summed E-state index contributed by atoms with van der Waals surface area (Å²) in [5.74, 6) is 0.187. The zero-order valence-corrected chi connectivity index (χ0v) is 10.3. The molecule has 1 saturated heterocycles. The first kappa shape index (κ1) is 11.1. The van der Waals surface area contributed by atoms with Gasteiger partial charge in [-0.3, -0.25) is 14.6 Å². The number of para-hydroxylation sites is 1. The minimum Gasteiger partial charge on any atom is -0.295 e. The van der Waals surface area contributed by atoms with Gasteiger partial charge < -0.3 is 0 Å². The van der Waals surface area contributed by atoms with Crippen LogP contribution >= 0.6 is 0 Å². The zero-order valence-electron chi connectivity index (χ0n) is 10.3. The van der Waals surface area contributed by atoms with E-state index in [0.717, 1.165) is 16.8 Å². The Morgan fingerprint density at radius 3 is 2.25 bits per heavy atom. The molecular formula is C13H18N2O. The number of benzene rings is 1. The summed E-state index contributed by atoms with van der Waals surface area (Å²) in [6, 6.07) is 6.14. The number of hydrogen-bond donors (Lipinski definition) is 0. The molecule has 1 aliphatic rings. The second kappa shape index (κ2) is 3.91. The molecule has 0 saturated carbocycles. The van der Waals surface area contributed by atoms with Crippen molar-refractivity contribution in [1.29, 1.82) is 0 Å². The highest BCUT2D eigenvalue weighted by Gasteiger charge is 2.34. The predicted octanol–water partition coefficient (Wildman–Crippen LogP) is 1.93. The van der Waals surface area contributed by atoms with Crippen molar-refractivity contribution in [1.82, 2.24) is 4.90 Å². The number of carbonyl (C=O) groups excluding carboxylic acids is 1. The van der Waals surface area contributed by atoms with Gasteiger partial charge in [-0.2, -0.15) is 0 Å². The Bertz CT molecular complexity index is 408. The second-order valence-corrected chi connectivity index (χ2v) is 4.55. The summed E-state index contributed by atoms with van der Waals surface area (Å²) in [6.07, 6.45) is 0.146. The van der Waals surface area contributed by atoms with Crippen LogP contribution in [-0.2, 0) is 4.79 Å². The Labute approximate surface area is 96.7 Å². The van der Waals surface area contributed by atoms with Crippen molar-refractivity contribution >= 4 is 11.6 Å². The van der Waals surface area contributed by atoms with Crippen molar-refractivity contribution < 1.29 is 4.79 Å². The summed E-state index contributed by atoms with van der Waals surface area (Å²) in [7, 11) is 1.98. The number of rotatable bonds is 1. The molecule has 2 rings (SSSR count). The van der Waals surface area contributed by atoms with Gasteiger partial charge in [0, 0.05) is 0 Å². The van der Waals surface area contributed by atoms with Crippen LogP contribution < -0.4 is 4.90 Å². The summed E-state index contributed by atoms with van der Waals surface area (Å²) in [4.78, 5) is 16.0. The normalized spacial score (nSPS) is 21.9. The van der Waals surface area contributed by atoms with Crippen LogP contribution in [0.15, 0.2) is 18.2 Å². The molecule has 16 heavy (non-hydrogen) atoms. The summed E-state index contributed by atoms with van der Waals surface area (Å²) in [5, 5.41) is 0. The van der Waals surface area contributed by atoms with E-state index in [1.807, 2.05) is 18.0 Å². The monoisotopic (exact) mass is 218 g/mol. The maximum Gasteiger partial charge on any atom is 0.242 e. The quantitative estimate of drug-likeness (QED) is 0.719. The molecule has 0 bridgehead atoms. The van der Waals surface area contributed by atoms with Gasteiger partial charge in [0.25, 0.3) is 0 Å². The summed E-state index contributed by atoms with van der Waals surface area (Å²) in [5.41, 5.74) is 3.40. The van der Waals surface area contributed by atoms with Gasteiger partial charge in [0.2, 0.25) is 5.91 Å². The standard InChI is InChI=1S/C13H18N2O/c1-9-6-5-7-10(2)13(9)15-11(3)14(4)8-12(15)16/h5-7,11H,8H2,1-4H3/t11-/m0/s1. The third kappa shape index (κ3) is 1.61. The molecule has 1 heterocycles. The van der Waals surface area contributed by atoms with Crippen LogP contribution in [0.3, 0.4) is 0 Å². The van der Waals surface area contributed by atoms with Gasteiger partial charge in [-0.15, -0.1) is 0 Å². The third-order valence-corrected chi connectivity index (χ3v) is 3.35. The lowest BCUT2D eigenvalue weighted by molar-refractivity contribution is -0.116. The molecule has 1 atom stereocenters. The van der Waals surface area contributed by atoms with E-state index in [9.17, 15) is 4.79 Å². The fraction of sp³-hybridized carbons (Fsp3) is 0.462. The Balaban J connectivity index is 2.48. The number of carbonyl (C=O) groups is 1. The van der Waals surface area contributed by atoms with Crippen LogP contribution in [-0.4, -0.2) is 30.6 Å². The lowest BCUT2D eigenvalue weighted by Crippen LogP contribution is -2.36. The summed E-state index contributed by atoms with van der Waals surface area (Å²) >= 11 is 0. The van der Waals surface area contributed by atoms with Crippen molar-refractivity contribution in [3.63, 3.8) is 0 Å². The lowest BCUT2D eigenvalue weighted by atomic mass is 10.1. The van der Waals surface area contributed by atoms with E-state index < -0.39 is 0 Å². The van der Waals surface area contributed by atoms with Crippen molar-refractivity contribution in [2.45, 2.75) is 26.9 Å². The molecule has 0 unspecified atom stereocenters. The maximum atomic E-state index is 12.0. The average molecular weight is 218 g/mol. The number of nitrogens with zero attached hydrogens (tertiary/aromatic N) is 2. The van der Waals surface area contributed by atoms with Gasteiger partial charge in [0.05, 0.1) is 18.4 Å². The Morgan fingerprint density at radius 1 is 1.25 bits per heavy atom. The molecule has 0 radical (unpaired) electrons. The molecular weight excluding hydrogens is 200 g/mol. The topological polar surface area (TPSA) is 23.6 Å². The first-order valence-corrected chi connectivity index (χ1v) is 5.61. The molecule has 0 aliphatic carbocycles. The molecule has 3 heteroatoms. The van der Waals surface area contributed by atoms with E-state index >= 15 is 0 Å². The summed E-state index contributed by atoms with van der Waals surface area (Å²) < 4.78 is 0. The van der Waals surface area contributed by atoms with Gasteiger partial charge >= 0.3 is 0 Å². The fourth-order valence-corrected chi connectivity index (χ4v) is 2.32. The molecule has 1 aliphatic heterocycles. The van der Waals surface area contributed by atoms with Gasteiger partial charge in [-0.05, 0) is 38.9 Å². The number of amides is 1. The van der Waals surface area contributed by atoms with Gasteiger partial charge in [-0.25, -0.2) is 0 Å². The third-order valence-electron chi connectivity index (χ3n) is 3.35. The summed E-state index contributed by atoms with van der Waals surface area (Å²) in [6.45, 7) is 6.69. The van der Waals surface area contributed by atoms with Crippen molar-refractivity contribution in [2.75, 3.05) is 18.5 Å². The predicted molar refractivity (Wildman–Crippen MR) is 65.5 cm³/mol. The van der Waals surface area contributed by atoms with Gasteiger partial charge in [0.15, 0.2) is 0 Å². The van der Waals surface area contributed by atoms with E-state index in [-0.39, 0.29) is 12.1 Å². The van der Waals surface area contributed by atoms with E-state index in [1.165, 1.54) is 0 Å². The maximum absolute atomic E-state index is 12.0. The Kier molecular flexibility index (Phi) is 2.72. The molecule has 1 amide bonds. The van der Waals surface area contributed by atoms with E-state index in [2.05, 4.69) is 37.8 Å². The van der Waals surface area contributed by atoms with Gasteiger partial charge in [0.1, 0.15) is 0 Å². The molecule has 3 nitrogen and oxygen atoms in total. The molecule has 0 N–H and O–H groups in total. The molecule has 1 aromatic carbocycles. The van der Waals surface area contributed by atoms with Crippen molar-refractivity contribution in [2.24, 2.45) is 0 Å². The van der Waals surface area contributed by atoms with E-state index in [1.54, 1.807) is 0 Å². The zero-order chi connectivity index (χ0) is 11.9. The van der Waals surface area contributed by atoms with Crippen LogP contribution in [0.4, 0.5) is 5.69 Å². The molecule has 1 aromatic rings. The van der Waals surface area contributed by atoms with E-state index in [0.29, 0.717) is 6.54 Å². The Morgan fingerprint density at radius 2 is 1.81 bits per heavy atom. The first-order chi connectivity index (χ1) is 7.52. The number of anilines is 1. The van der Waals surface area contributed by atoms with Gasteiger partial charge in [-0.1, -0.05) is 18.2 Å². The number of aryl methyl sites for hydroxylation is 2. The molecule has 86 valence electrons. The second-order valence-electron chi connectivity index (χ2n) is 4.55. The minimum absolute atomic E-state index is 0.146. The molecule has 0 aromatic heterocycles. The minimum atomic E-state index is 0.146. The highest BCUT2D eigenvalue weighted by atomic mass is 16.2. The van der Waals surface area contributed by atoms with Crippen molar-refractivity contribution in [3.8, 4) is 0 Å². The SMILES string of the molecule is Cc1cccc(C)c1N1C(=O)CN(C)[C@@H]1C. The van der Waals surface area contributed by atoms with Crippen LogP contribution in [0.1, 0.15) is 18.1 Å². The highest BCUT2D eigenvalue weighted by Crippen LogP contribution is 2.29. The fourth-order valence-electron chi connectivity index (χ4n) is 2.32. The Hall–Kier alpha value is -1.35. The average Bonchev–Trinajstić information content (AvgIpc) is 2.44. The lowest BCUT2D eigenvalue weighted by Gasteiger charge is -2.27. The van der Waals surface area contributed by atoms with Crippen molar-refractivity contribution in [3.05, 3.63) is 29.3 Å². The highest BCUT2D eigenvalue weighted by molar-refractivity contribution is 5.98. The largest absolute Gasteiger partial charge is 0.295 e. The number of hydrogen-bond acceptors (Lipinski definition) is 2. The molecule has 0 spiro atoms.